The van der Waals surface area contributed by atoms with Crippen molar-refractivity contribution in [3.8, 4) is 11.5 Å². The minimum atomic E-state index is -1.14. The van der Waals surface area contributed by atoms with Crippen molar-refractivity contribution in [3.63, 3.8) is 0 Å². The van der Waals surface area contributed by atoms with Crippen LogP contribution in [0, 0.1) is 0 Å². The highest BCUT2D eigenvalue weighted by atomic mass is 79.9. The van der Waals surface area contributed by atoms with E-state index in [1.165, 1.54) is 6.33 Å². The van der Waals surface area contributed by atoms with Crippen molar-refractivity contribution in [2.75, 3.05) is 25.6 Å². The van der Waals surface area contributed by atoms with E-state index in [9.17, 15) is 4.39 Å². The molecule has 4 atom stereocenters. The maximum Gasteiger partial charge on any atom is 0.164 e. The van der Waals surface area contributed by atoms with E-state index in [-0.39, 0.29) is 13.2 Å². The molecule has 1 aromatic heterocycles. The Bertz CT molecular complexity index is 1140. The first-order valence-corrected chi connectivity index (χ1v) is 10.8. The van der Waals surface area contributed by atoms with Crippen LogP contribution in [0.4, 0.5) is 15.9 Å². The summed E-state index contributed by atoms with van der Waals surface area (Å²) in [5.41, 5.74) is 1.35. The molecule has 2 fully saturated rings. The molecule has 3 heterocycles. The summed E-state index contributed by atoms with van der Waals surface area (Å²) in [6, 6.07) is 9.09. The van der Waals surface area contributed by atoms with Gasteiger partial charge in [0.1, 0.15) is 24.4 Å². The molecule has 0 spiro atoms. The summed E-state index contributed by atoms with van der Waals surface area (Å²) in [5, 5.41) is 4.52. The number of ether oxygens (including phenoxy) is 4. The van der Waals surface area contributed by atoms with Gasteiger partial charge >= 0.3 is 0 Å². The summed E-state index contributed by atoms with van der Waals surface area (Å²) in [6.45, 7) is 0.264. The quantitative estimate of drug-likeness (QED) is 0.534. The molecular formula is C21H18BrClFN3O4. The molecule has 2 unspecified atom stereocenters. The van der Waals surface area contributed by atoms with Crippen molar-refractivity contribution in [2.24, 2.45) is 0 Å². The summed E-state index contributed by atoms with van der Waals surface area (Å²) in [7, 11) is 1.55. The van der Waals surface area contributed by atoms with E-state index in [4.69, 9.17) is 30.5 Å². The summed E-state index contributed by atoms with van der Waals surface area (Å²) < 4.78 is 37.4. The van der Waals surface area contributed by atoms with Crippen molar-refractivity contribution >= 4 is 49.9 Å². The van der Waals surface area contributed by atoms with Crippen LogP contribution in [-0.2, 0) is 9.47 Å². The Morgan fingerprint density at radius 2 is 1.97 bits per heavy atom. The Hall–Kier alpha value is -2.20. The molecule has 31 heavy (non-hydrogen) atoms. The van der Waals surface area contributed by atoms with Crippen molar-refractivity contribution in [1.82, 2.24) is 9.97 Å². The number of aromatic nitrogens is 2. The number of nitrogens with one attached hydrogen (secondary N) is 1. The average molecular weight is 511 g/mol. The molecule has 7 nitrogen and oxygen atoms in total. The third-order valence-corrected chi connectivity index (χ3v) is 6.14. The van der Waals surface area contributed by atoms with Gasteiger partial charge in [0.2, 0.25) is 0 Å². The number of hydrogen-bond acceptors (Lipinski definition) is 7. The van der Waals surface area contributed by atoms with Gasteiger partial charge in [0.05, 0.1) is 36.6 Å². The number of rotatable bonds is 5. The number of nitrogens with zero attached hydrogens (tertiary/aromatic N) is 2. The minimum Gasteiger partial charge on any atom is -0.493 e. The maximum absolute atomic E-state index is 13.9. The fraction of sp³-hybridized carbons (Fsp3) is 0.333. The summed E-state index contributed by atoms with van der Waals surface area (Å²) >= 11 is 9.73. The van der Waals surface area contributed by atoms with Crippen LogP contribution in [0.1, 0.15) is 0 Å². The predicted molar refractivity (Wildman–Crippen MR) is 117 cm³/mol. The molecule has 2 aromatic carbocycles. The number of methoxy groups -OCH3 is 1. The van der Waals surface area contributed by atoms with Gasteiger partial charge < -0.3 is 24.3 Å². The summed E-state index contributed by atoms with van der Waals surface area (Å²) in [6.07, 6.45) is -1.15. The number of halogens is 3. The van der Waals surface area contributed by atoms with E-state index in [0.29, 0.717) is 33.5 Å². The van der Waals surface area contributed by atoms with Crippen molar-refractivity contribution in [1.29, 1.82) is 0 Å². The second kappa shape index (κ2) is 8.38. The Morgan fingerprint density at radius 3 is 2.77 bits per heavy atom. The second-order valence-corrected chi connectivity index (χ2v) is 8.58. The number of anilines is 2. The third-order valence-electron chi connectivity index (χ3n) is 5.33. The molecule has 1 N–H and O–H groups in total. The van der Waals surface area contributed by atoms with Crippen molar-refractivity contribution in [2.45, 2.75) is 24.5 Å². The highest BCUT2D eigenvalue weighted by molar-refractivity contribution is 9.10. The van der Waals surface area contributed by atoms with Crippen LogP contribution >= 0.6 is 27.5 Å². The molecule has 0 radical (unpaired) electrons. The van der Waals surface area contributed by atoms with Gasteiger partial charge in [-0.2, -0.15) is 0 Å². The van der Waals surface area contributed by atoms with Crippen LogP contribution in [0.3, 0.4) is 0 Å². The van der Waals surface area contributed by atoms with Gasteiger partial charge in [-0.15, -0.1) is 0 Å². The van der Waals surface area contributed by atoms with E-state index in [1.807, 2.05) is 12.1 Å². The van der Waals surface area contributed by atoms with Gasteiger partial charge in [-0.3, -0.25) is 0 Å². The van der Waals surface area contributed by atoms with Crippen LogP contribution in [0.15, 0.2) is 41.1 Å². The lowest BCUT2D eigenvalue weighted by Crippen LogP contribution is -2.33. The van der Waals surface area contributed by atoms with E-state index in [2.05, 4.69) is 31.2 Å². The highest BCUT2D eigenvalue weighted by Gasteiger charge is 2.49. The average Bonchev–Trinajstić information content (AvgIpc) is 3.33. The van der Waals surface area contributed by atoms with Crippen LogP contribution in [0.5, 0.6) is 11.5 Å². The first-order valence-electron chi connectivity index (χ1n) is 9.62. The van der Waals surface area contributed by atoms with Gasteiger partial charge in [0.25, 0.3) is 0 Å². The Balaban J connectivity index is 1.46. The molecule has 2 aliphatic heterocycles. The second-order valence-electron chi connectivity index (χ2n) is 7.26. The Labute approximate surface area is 190 Å². The van der Waals surface area contributed by atoms with Crippen molar-refractivity contribution < 1.29 is 23.3 Å². The topological polar surface area (TPSA) is 74.7 Å². The van der Waals surface area contributed by atoms with Gasteiger partial charge in [0, 0.05) is 15.9 Å². The summed E-state index contributed by atoms with van der Waals surface area (Å²) in [4.78, 5) is 8.71. The number of alkyl halides is 1. The van der Waals surface area contributed by atoms with Crippen LogP contribution in [0.25, 0.3) is 10.9 Å². The SMILES string of the molecule is COc1cc2c(Nc3ccc(Br)cc3Cl)ncnc2cc1OC1CO[C@H]2C(F)CO[C@@H]12. The zero-order chi connectivity index (χ0) is 21.5. The molecule has 2 saturated heterocycles. The van der Waals surface area contributed by atoms with Gasteiger partial charge in [-0.25, -0.2) is 14.4 Å². The molecule has 0 saturated carbocycles. The molecule has 3 aromatic rings. The minimum absolute atomic E-state index is 0.0188. The first-order chi connectivity index (χ1) is 15.0. The lowest BCUT2D eigenvalue weighted by Gasteiger charge is -2.20. The highest BCUT2D eigenvalue weighted by Crippen LogP contribution is 2.38. The number of benzene rings is 2. The predicted octanol–water partition coefficient (Wildman–Crippen LogP) is 4.68. The zero-order valence-electron chi connectivity index (χ0n) is 16.3. The third kappa shape index (κ3) is 3.91. The largest absolute Gasteiger partial charge is 0.493 e. The number of fused-ring (bicyclic) bond motifs is 2. The fourth-order valence-electron chi connectivity index (χ4n) is 3.82. The number of hydrogen-bond donors (Lipinski definition) is 1. The molecule has 162 valence electrons. The van der Waals surface area contributed by atoms with E-state index < -0.39 is 24.5 Å². The van der Waals surface area contributed by atoms with Crippen LogP contribution in [-0.4, -0.2) is 54.8 Å². The molecule has 2 aliphatic rings. The monoisotopic (exact) mass is 509 g/mol. The van der Waals surface area contributed by atoms with Crippen LogP contribution < -0.4 is 14.8 Å². The molecule has 0 aliphatic carbocycles. The van der Waals surface area contributed by atoms with Crippen LogP contribution in [0.2, 0.25) is 5.02 Å². The lowest BCUT2D eigenvalue weighted by molar-refractivity contribution is 0.0271. The van der Waals surface area contributed by atoms with E-state index >= 15 is 0 Å². The fourth-order valence-corrected chi connectivity index (χ4v) is 4.54. The molecule has 0 amide bonds. The summed E-state index contributed by atoms with van der Waals surface area (Å²) in [5.74, 6) is 1.54. The van der Waals surface area contributed by atoms with E-state index in [0.717, 1.165) is 9.86 Å². The molecule has 5 rings (SSSR count). The zero-order valence-corrected chi connectivity index (χ0v) is 18.7. The Morgan fingerprint density at radius 1 is 1.13 bits per heavy atom. The Kier molecular flexibility index (Phi) is 5.60. The first kappa shape index (κ1) is 20.7. The van der Waals surface area contributed by atoms with Gasteiger partial charge in [-0.05, 0) is 24.3 Å². The lowest BCUT2D eigenvalue weighted by atomic mass is 10.1. The molecule has 10 heteroatoms. The molecular weight excluding hydrogens is 493 g/mol. The van der Waals surface area contributed by atoms with E-state index in [1.54, 1.807) is 25.3 Å². The standard InChI is InChI=1S/C21H18BrClFN3O4/c1-28-16-5-11-15(6-17(16)31-18-8-30-19-13(24)7-29-20(18)19)25-9-26-21(11)27-14-3-2-10(22)4-12(14)23/h2-6,9,13,18-20H,7-8H2,1H3,(H,25,26,27)/t13?,18?,19-,20-/m0/s1. The van der Waals surface area contributed by atoms with Crippen molar-refractivity contribution in [3.05, 3.63) is 46.2 Å². The van der Waals surface area contributed by atoms with Gasteiger partial charge in [0.15, 0.2) is 23.8 Å². The molecule has 0 bridgehead atoms. The van der Waals surface area contributed by atoms with Gasteiger partial charge in [-0.1, -0.05) is 27.5 Å². The maximum atomic E-state index is 13.9. The normalized spacial score (nSPS) is 24.9. The smallest absolute Gasteiger partial charge is 0.164 e.